The number of nitrogens with one attached hydrogen (secondary N) is 1. The molecule has 2 atom stereocenters. The molecule has 2 saturated heterocycles. The van der Waals surface area contributed by atoms with Gasteiger partial charge in [0.05, 0.1) is 28.9 Å². The number of likely N-dealkylation sites (tertiary alicyclic amines) is 1. The number of alkyl halides is 3. The van der Waals surface area contributed by atoms with Crippen LogP contribution in [0, 0.1) is 18.3 Å². The summed E-state index contributed by atoms with van der Waals surface area (Å²) in [5.74, 6) is 0.0718. The number of aryl methyl sites for hydroxylation is 1. The molecule has 4 rings (SSSR count). The lowest BCUT2D eigenvalue weighted by Gasteiger charge is -2.23. The highest BCUT2D eigenvalue weighted by Crippen LogP contribution is 2.40. The number of likely N-dealkylation sites (N-methyl/N-ethyl adjacent to an activating group) is 1. The molecule has 30 heavy (non-hydrogen) atoms. The largest absolute Gasteiger partial charge is 0.416 e. The summed E-state index contributed by atoms with van der Waals surface area (Å²) in [7, 11) is 1.78. The average Bonchev–Trinajstić information content (AvgIpc) is 3.26. The molecule has 156 valence electrons. The third-order valence-electron chi connectivity index (χ3n) is 6.05. The van der Waals surface area contributed by atoms with Gasteiger partial charge in [0.2, 0.25) is 5.91 Å². The van der Waals surface area contributed by atoms with Gasteiger partial charge in [-0.1, -0.05) is 0 Å². The minimum Gasteiger partial charge on any atom is -0.344 e. The molecule has 1 spiro atoms. The molecule has 0 unspecified atom stereocenters. The van der Waals surface area contributed by atoms with Crippen LogP contribution in [-0.4, -0.2) is 34.9 Å². The smallest absolute Gasteiger partial charge is 0.344 e. The first kappa shape index (κ1) is 20.4. The first-order chi connectivity index (χ1) is 14.1. The van der Waals surface area contributed by atoms with Crippen molar-refractivity contribution in [1.82, 2.24) is 15.2 Å². The Morgan fingerprint density at radius 1 is 1.27 bits per heavy atom. The zero-order valence-electron chi connectivity index (χ0n) is 16.7. The van der Waals surface area contributed by atoms with Crippen LogP contribution < -0.4 is 5.32 Å². The van der Waals surface area contributed by atoms with Crippen molar-refractivity contribution in [2.75, 3.05) is 13.6 Å². The summed E-state index contributed by atoms with van der Waals surface area (Å²) >= 11 is 0. The predicted molar refractivity (Wildman–Crippen MR) is 104 cm³/mol. The Morgan fingerprint density at radius 2 is 2.03 bits per heavy atom. The summed E-state index contributed by atoms with van der Waals surface area (Å²) in [5.41, 5.74) is 0.833. The maximum absolute atomic E-state index is 13.2. The topological polar surface area (TPSA) is 69.0 Å². The van der Waals surface area contributed by atoms with Gasteiger partial charge in [-0.15, -0.1) is 0 Å². The van der Waals surface area contributed by atoms with Crippen molar-refractivity contribution in [3.63, 3.8) is 0 Å². The van der Waals surface area contributed by atoms with Gasteiger partial charge >= 0.3 is 6.18 Å². The Labute approximate surface area is 172 Å². The summed E-state index contributed by atoms with van der Waals surface area (Å²) in [6.45, 7) is 2.46. The van der Waals surface area contributed by atoms with Gasteiger partial charge in [-0.3, -0.25) is 15.1 Å². The minimum absolute atomic E-state index is 0.0718. The summed E-state index contributed by atoms with van der Waals surface area (Å²) in [6, 6.07) is 8.34. The second-order valence-electron chi connectivity index (χ2n) is 8.09. The Hall–Kier alpha value is -2.92. The van der Waals surface area contributed by atoms with E-state index in [-0.39, 0.29) is 23.1 Å². The zero-order chi connectivity index (χ0) is 21.7. The number of hydrogen-bond donors (Lipinski definition) is 1. The van der Waals surface area contributed by atoms with Gasteiger partial charge in [-0.2, -0.15) is 18.4 Å². The van der Waals surface area contributed by atoms with E-state index >= 15 is 0 Å². The summed E-state index contributed by atoms with van der Waals surface area (Å²) < 4.78 is 39.7. The second-order valence-corrected chi connectivity index (χ2v) is 8.09. The van der Waals surface area contributed by atoms with Crippen LogP contribution in [0.3, 0.4) is 0 Å². The molecule has 1 aromatic heterocycles. The molecule has 1 amide bonds. The number of hydrogen-bond acceptors (Lipinski definition) is 4. The Bertz CT molecular complexity index is 1060. The van der Waals surface area contributed by atoms with Crippen molar-refractivity contribution in [1.29, 1.82) is 5.26 Å². The highest BCUT2D eigenvalue weighted by molar-refractivity contribution is 5.88. The van der Waals surface area contributed by atoms with Crippen LogP contribution in [-0.2, 0) is 11.0 Å². The summed E-state index contributed by atoms with van der Waals surface area (Å²) in [6.07, 6.45) is -2.37. The van der Waals surface area contributed by atoms with Crippen LogP contribution in [0.4, 0.5) is 13.2 Å². The molecule has 2 aliphatic rings. The average molecular weight is 414 g/mol. The quantitative estimate of drug-likeness (QED) is 0.807. The molecule has 0 radical (unpaired) electrons. The molecule has 5 nitrogen and oxygen atoms in total. The predicted octanol–water partition coefficient (Wildman–Crippen LogP) is 3.97. The number of amides is 1. The van der Waals surface area contributed by atoms with Gasteiger partial charge in [0, 0.05) is 24.8 Å². The third-order valence-corrected chi connectivity index (χ3v) is 6.05. The fraction of sp³-hybridized carbons (Fsp3) is 0.409. The second kappa shape index (κ2) is 7.10. The lowest BCUT2D eigenvalue weighted by Crippen LogP contribution is -2.47. The lowest BCUT2D eigenvalue weighted by molar-refractivity contribution is -0.137. The van der Waals surface area contributed by atoms with E-state index in [2.05, 4.69) is 10.3 Å². The van der Waals surface area contributed by atoms with E-state index in [1.807, 2.05) is 6.07 Å². The SMILES string of the molecule is Cc1cc(-c2cc(C(F)(F)F)ccc2C#N)cc([C@@H]2CC[C@]3(CCN(C)C3=O)N2)n1. The number of nitriles is 1. The fourth-order valence-corrected chi connectivity index (χ4v) is 4.47. The minimum atomic E-state index is -4.50. The van der Waals surface area contributed by atoms with Crippen LogP contribution >= 0.6 is 0 Å². The molecule has 0 saturated carbocycles. The number of halogens is 3. The van der Waals surface area contributed by atoms with Crippen LogP contribution in [0.15, 0.2) is 30.3 Å². The van der Waals surface area contributed by atoms with E-state index in [1.54, 1.807) is 31.0 Å². The first-order valence-corrected chi connectivity index (χ1v) is 9.76. The number of aromatic nitrogens is 1. The molecule has 0 bridgehead atoms. The maximum atomic E-state index is 13.2. The molecule has 1 N–H and O–H groups in total. The van der Waals surface area contributed by atoms with Crippen molar-refractivity contribution < 1.29 is 18.0 Å². The standard InChI is InChI=1S/C22H21F3N4O/c1-13-9-15(17-11-16(22(23,24)25)4-3-14(17)12-26)10-19(27-13)18-5-6-21(28-18)7-8-29(2)20(21)30/h3-4,9-11,18,28H,5-8H2,1-2H3/t18-,21+/m0/s1. The van der Waals surface area contributed by atoms with Crippen LogP contribution in [0.2, 0.25) is 0 Å². The van der Waals surface area contributed by atoms with Crippen LogP contribution in [0.5, 0.6) is 0 Å². The molecule has 8 heteroatoms. The van der Waals surface area contributed by atoms with Crippen molar-refractivity contribution >= 4 is 5.91 Å². The third kappa shape index (κ3) is 3.43. The van der Waals surface area contributed by atoms with Crippen molar-refractivity contribution in [3.05, 3.63) is 52.8 Å². The molecular formula is C22H21F3N4O. The Morgan fingerprint density at radius 3 is 2.67 bits per heavy atom. The van der Waals surface area contributed by atoms with Crippen LogP contribution in [0.25, 0.3) is 11.1 Å². The van der Waals surface area contributed by atoms with Gasteiger partial charge in [-0.25, -0.2) is 0 Å². The molecule has 0 aliphatic carbocycles. The number of nitrogens with zero attached hydrogens (tertiary/aromatic N) is 3. The molecule has 2 aliphatic heterocycles. The maximum Gasteiger partial charge on any atom is 0.416 e. The lowest BCUT2D eigenvalue weighted by atomic mass is 9.95. The number of carbonyl (C=O) groups excluding carboxylic acids is 1. The van der Waals surface area contributed by atoms with Gasteiger partial charge in [0.25, 0.3) is 0 Å². The monoisotopic (exact) mass is 414 g/mol. The van der Waals surface area contributed by atoms with E-state index in [9.17, 15) is 23.2 Å². The summed E-state index contributed by atoms with van der Waals surface area (Å²) in [4.78, 5) is 18.9. The van der Waals surface area contributed by atoms with Crippen molar-refractivity contribution in [2.24, 2.45) is 0 Å². The molecule has 3 heterocycles. The van der Waals surface area contributed by atoms with E-state index in [1.165, 1.54) is 6.07 Å². The highest BCUT2D eigenvalue weighted by atomic mass is 19.4. The van der Waals surface area contributed by atoms with E-state index in [0.717, 1.165) is 18.6 Å². The number of benzene rings is 1. The first-order valence-electron chi connectivity index (χ1n) is 9.76. The molecular weight excluding hydrogens is 393 g/mol. The normalized spacial score (nSPS) is 23.9. The van der Waals surface area contributed by atoms with Gasteiger partial charge in [0.15, 0.2) is 0 Å². The number of pyridine rings is 1. The van der Waals surface area contributed by atoms with Gasteiger partial charge < -0.3 is 4.90 Å². The van der Waals surface area contributed by atoms with Gasteiger partial charge in [-0.05, 0) is 62.1 Å². The van der Waals surface area contributed by atoms with E-state index in [4.69, 9.17) is 0 Å². The number of rotatable bonds is 2. The van der Waals surface area contributed by atoms with Crippen molar-refractivity contribution in [2.45, 2.75) is 43.9 Å². The van der Waals surface area contributed by atoms with Crippen LogP contribution in [0.1, 0.15) is 47.8 Å². The highest BCUT2D eigenvalue weighted by Gasteiger charge is 2.50. The zero-order valence-corrected chi connectivity index (χ0v) is 16.7. The fourth-order valence-electron chi connectivity index (χ4n) is 4.47. The molecule has 2 fully saturated rings. The Balaban J connectivity index is 1.72. The van der Waals surface area contributed by atoms with E-state index in [0.29, 0.717) is 36.3 Å². The summed E-state index contributed by atoms with van der Waals surface area (Å²) in [5, 5.41) is 12.8. The van der Waals surface area contributed by atoms with Crippen molar-refractivity contribution in [3.8, 4) is 17.2 Å². The number of carbonyl (C=O) groups is 1. The Kier molecular flexibility index (Phi) is 4.82. The molecule has 2 aromatic rings. The van der Waals surface area contributed by atoms with Gasteiger partial charge in [0.1, 0.15) is 5.54 Å². The molecule has 1 aromatic carbocycles. The van der Waals surface area contributed by atoms with E-state index < -0.39 is 17.3 Å².